The highest BCUT2D eigenvalue weighted by Crippen LogP contribution is 2.17. The molecule has 0 atom stereocenters. The van der Waals surface area contributed by atoms with Crippen LogP contribution in [0.2, 0.25) is 0 Å². The number of hydrazine groups is 1. The first kappa shape index (κ1) is 14.8. The van der Waals surface area contributed by atoms with Crippen molar-refractivity contribution in [2.75, 3.05) is 46.4 Å². The average Bonchev–Trinajstić information content (AvgIpc) is 2.46. The lowest BCUT2D eigenvalue weighted by Gasteiger charge is -2.32. The van der Waals surface area contributed by atoms with Crippen LogP contribution in [0.4, 0.5) is 0 Å². The second-order valence-corrected chi connectivity index (χ2v) is 4.85. The van der Waals surface area contributed by atoms with E-state index in [1.165, 1.54) is 0 Å². The number of likely N-dealkylation sites (N-methyl/N-ethyl adjacent to an activating group) is 1. The standard InChI is InChI=1S/C14H21N3O3/c1-16-7-9-17(10-8-16)15-6-11-20-13-5-3-2-4-12(13)14(18)19/h2-5,15H,6-11H2,1H3,(H,18,19). The predicted molar refractivity (Wildman–Crippen MR) is 76.0 cm³/mol. The zero-order chi connectivity index (χ0) is 14.4. The van der Waals surface area contributed by atoms with Gasteiger partial charge in [-0.1, -0.05) is 12.1 Å². The maximum absolute atomic E-state index is 11.0. The molecule has 0 saturated carbocycles. The Labute approximate surface area is 118 Å². The molecule has 6 nitrogen and oxygen atoms in total. The van der Waals surface area contributed by atoms with Gasteiger partial charge in [0, 0.05) is 32.7 Å². The topological polar surface area (TPSA) is 65.0 Å². The van der Waals surface area contributed by atoms with Gasteiger partial charge in [0.2, 0.25) is 0 Å². The number of piperazine rings is 1. The third-order valence-electron chi connectivity index (χ3n) is 3.32. The zero-order valence-electron chi connectivity index (χ0n) is 11.7. The third-order valence-corrected chi connectivity index (χ3v) is 3.32. The Balaban J connectivity index is 1.72. The minimum absolute atomic E-state index is 0.201. The number of nitrogens with zero attached hydrogens (tertiary/aromatic N) is 2. The molecule has 1 aliphatic rings. The smallest absolute Gasteiger partial charge is 0.339 e. The summed E-state index contributed by atoms with van der Waals surface area (Å²) in [5.41, 5.74) is 3.50. The molecule has 1 aromatic carbocycles. The fraction of sp³-hybridized carbons (Fsp3) is 0.500. The van der Waals surface area contributed by atoms with Crippen LogP contribution in [-0.4, -0.2) is 67.4 Å². The van der Waals surface area contributed by atoms with E-state index in [9.17, 15) is 4.79 Å². The highest BCUT2D eigenvalue weighted by molar-refractivity contribution is 5.90. The molecular weight excluding hydrogens is 258 g/mol. The molecule has 1 aliphatic heterocycles. The van der Waals surface area contributed by atoms with Crippen LogP contribution < -0.4 is 10.2 Å². The van der Waals surface area contributed by atoms with Crippen molar-refractivity contribution in [2.24, 2.45) is 0 Å². The molecule has 6 heteroatoms. The van der Waals surface area contributed by atoms with Gasteiger partial charge in [0.15, 0.2) is 0 Å². The fourth-order valence-electron chi connectivity index (χ4n) is 2.10. The van der Waals surface area contributed by atoms with Gasteiger partial charge >= 0.3 is 5.97 Å². The number of hydrogen-bond donors (Lipinski definition) is 2. The maximum atomic E-state index is 11.0. The molecule has 1 fully saturated rings. The van der Waals surface area contributed by atoms with Crippen molar-refractivity contribution < 1.29 is 14.6 Å². The van der Waals surface area contributed by atoms with Crippen molar-refractivity contribution in [3.8, 4) is 5.75 Å². The quantitative estimate of drug-likeness (QED) is 0.740. The molecule has 0 amide bonds. The molecule has 0 aromatic heterocycles. The van der Waals surface area contributed by atoms with Gasteiger partial charge in [-0.3, -0.25) is 5.43 Å². The Bertz CT molecular complexity index is 445. The molecule has 1 heterocycles. The zero-order valence-corrected chi connectivity index (χ0v) is 11.7. The minimum Gasteiger partial charge on any atom is -0.491 e. The minimum atomic E-state index is -0.965. The Kier molecular flexibility index (Phi) is 5.34. The van der Waals surface area contributed by atoms with Crippen molar-refractivity contribution >= 4 is 5.97 Å². The second kappa shape index (κ2) is 7.23. The van der Waals surface area contributed by atoms with Crippen LogP contribution in [0.15, 0.2) is 24.3 Å². The number of aromatic carboxylic acids is 1. The summed E-state index contributed by atoms with van der Waals surface area (Å²) in [6, 6.07) is 6.69. The first-order valence-corrected chi connectivity index (χ1v) is 6.79. The number of para-hydroxylation sites is 1. The first-order chi connectivity index (χ1) is 9.66. The molecule has 2 rings (SSSR count). The summed E-state index contributed by atoms with van der Waals surface area (Å²) in [6.07, 6.45) is 0. The van der Waals surface area contributed by atoms with E-state index in [1.807, 2.05) is 0 Å². The van der Waals surface area contributed by atoms with E-state index in [0.29, 0.717) is 18.9 Å². The lowest BCUT2D eigenvalue weighted by atomic mass is 10.2. The number of benzene rings is 1. The Morgan fingerprint density at radius 3 is 2.70 bits per heavy atom. The number of carbonyl (C=O) groups is 1. The molecule has 0 aliphatic carbocycles. The normalized spacial score (nSPS) is 17.1. The third kappa shape index (κ3) is 4.19. The number of ether oxygens (including phenoxy) is 1. The van der Waals surface area contributed by atoms with E-state index in [2.05, 4.69) is 22.4 Å². The molecule has 1 saturated heterocycles. The predicted octanol–water partition coefficient (Wildman–Crippen LogP) is 0.516. The van der Waals surface area contributed by atoms with Crippen molar-refractivity contribution in [1.29, 1.82) is 0 Å². The largest absolute Gasteiger partial charge is 0.491 e. The van der Waals surface area contributed by atoms with Gasteiger partial charge in [-0.05, 0) is 19.2 Å². The van der Waals surface area contributed by atoms with Crippen LogP contribution in [-0.2, 0) is 0 Å². The first-order valence-electron chi connectivity index (χ1n) is 6.79. The molecule has 0 radical (unpaired) electrons. The summed E-state index contributed by atoms with van der Waals surface area (Å²) in [7, 11) is 2.11. The van der Waals surface area contributed by atoms with Crippen LogP contribution in [0.5, 0.6) is 5.75 Å². The van der Waals surface area contributed by atoms with E-state index in [0.717, 1.165) is 26.2 Å². The summed E-state index contributed by atoms with van der Waals surface area (Å²) in [5, 5.41) is 11.2. The second-order valence-electron chi connectivity index (χ2n) is 4.85. The van der Waals surface area contributed by atoms with Gasteiger partial charge in [-0.2, -0.15) is 0 Å². The fourth-order valence-corrected chi connectivity index (χ4v) is 2.10. The molecule has 0 unspecified atom stereocenters. The van der Waals surface area contributed by atoms with Crippen molar-refractivity contribution in [1.82, 2.24) is 15.3 Å². The van der Waals surface area contributed by atoms with E-state index >= 15 is 0 Å². The summed E-state index contributed by atoms with van der Waals surface area (Å²) in [6.45, 7) is 5.18. The van der Waals surface area contributed by atoms with E-state index in [1.54, 1.807) is 24.3 Å². The average molecular weight is 279 g/mol. The van der Waals surface area contributed by atoms with E-state index < -0.39 is 5.97 Å². The Morgan fingerprint density at radius 2 is 2.00 bits per heavy atom. The molecule has 110 valence electrons. The number of nitrogens with one attached hydrogen (secondary N) is 1. The van der Waals surface area contributed by atoms with Crippen LogP contribution in [0.1, 0.15) is 10.4 Å². The number of rotatable bonds is 6. The van der Waals surface area contributed by atoms with Crippen LogP contribution >= 0.6 is 0 Å². The Morgan fingerprint density at radius 1 is 1.30 bits per heavy atom. The van der Waals surface area contributed by atoms with E-state index in [-0.39, 0.29) is 5.56 Å². The van der Waals surface area contributed by atoms with Crippen LogP contribution in [0.3, 0.4) is 0 Å². The van der Waals surface area contributed by atoms with Crippen molar-refractivity contribution in [2.45, 2.75) is 0 Å². The van der Waals surface area contributed by atoms with Gasteiger partial charge in [-0.25, -0.2) is 9.80 Å². The molecule has 20 heavy (non-hydrogen) atoms. The monoisotopic (exact) mass is 279 g/mol. The molecule has 1 aromatic rings. The summed E-state index contributed by atoms with van der Waals surface area (Å²) < 4.78 is 5.53. The van der Waals surface area contributed by atoms with Gasteiger partial charge in [-0.15, -0.1) is 0 Å². The van der Waals surface area contributed by atoms with E-state index in [4.69, 9.17) is 9.84 Å². The molecule has 0 bridgehead atoms. The van der Waals surface area contributed by atoms with Gasteiger partial charge in [0.1, 0.15) is 17.9 Å². The molecule has 0 spiro atoms. The number of carboxylic acid groups (broad SMARTS) is 1. The molecular formula is C14H21N3O3. The van der Waals surface area contributed by atoms with Crippen LogP contribution in [0.25, 0.3) is 0 Å². The van der Waals surface area contributed by atoms with Gasteiger partial charge < -0.3 is 14.7 Å². The summed E-state index contributed by atoms with van der Waals surface area (Å²) >= 11 is 0. The van der Waals surface area contributed by atoms with Crippen molar-refractivity contribution in [3.05, 3.63) is 29.8 Å². The Hall–Kier alpha value is -1.63. The lowest BCUT2D eigenvalue weighted by molar-refractivity contribution is 0.0690. The summed E-state index contributed by atoms with van der Waals surface area (Å²) in [4.78, 5) is 13.3. The molecule has 2 N–H and O–H groups in total. The number of carboxylic acids is 1. The highest BCUT2D eigenvalue weighted by Gasteiger charge is 2.13. The van der Waals surface area contributed by atoms with Gasteiger partial charge in [0.25, 0.3) is 0 Å². The van der Waals surface area contributed by atoms with Crippen molar-refractivity contribution in [3.63, 3.8) is 0 Å². The van der Waals surface area contributed by atoms with Crippen LogP contribution in [0, 0.1) is 0 Å². The van der Waals surface area contributed by atoms with Gasteiger partial charge in [0.05, 0.1) is 0 Å². The maximum Gasteiger partial charge on any atom is 0.339 e. The SMILES string of the molecule is CN1CCN(NCCOc2ccccc2C(=O)O)CC1. The highest BCUT2D eigenvalue weighted by atomic mass is 16.5. The number of hydrogen-bond acceptors (Lipinski definition) is 5. The lowest BCUT2D eigenvalue weighted by Crippen LogP contribution is -2.51. The summed E-state index contributed by atoms with van der Waals surface area (Å²) in [5.74, 6) is -0.548.